The van der Waals surface area contributed by atoms with Crippen molar-refractivity contribution in [3.05, 3.63) is 29.2 Å². The molecule has 0 heterocycles. The first kappa shape index (κ1) is 11.8. The summed E-state index contributed by atoms with van der Waals surface area (Å²) in [6, 6.07) is 4.62. The highest BCUT2D eigenvalue weighted by Gasteiger charge is 2.05. The van der Waals surface area contributed by atoms with Gasteiger partial charge in [-0.2, -0.15) is 0 Å². The second-order valence-corrected chi connectivity index (χ2v) is 3.43. The van der Waals surface area contributed by atoms with Crippen molar-refractivity contribution in [1.82, 2.24) is 0 Å². The summed E-state index contributed by atoms with van der Waals surface area (Å²) in [6.45, 7) is 0. The summed E-state index contributed by atoms with van der Waals surface area (Å²) in [5, 5.41) is 8.23. The van der Waals surface area contributed by atoms with E-state index in [4.69, 9.17) is 5.39 Å². The van der Waals surface area contributed by atoms with Crippen LogP contribution in [0.15, 0.2) is 29.2 Å². The van der Waals surface area contributed by atoms with Crippen molar-refractivity contribution in [1.29, 1.82) is 5.39 Å². The molecule has 0 atom stereocenters. The topological polar surface area (TPSA) is 85.3 Å². The lowest BCUT2D eigenvalue weighted by molar-refractivity contribution is 0.463. The zero-order chi connectivity index (χ0) is 9.19. The fourth-order valence-electron chi connectivity index (χ4n) is 0.679. The number of halogens is 1. The third-order valence-corrected chi connectivity index (χ3v) is 2.09. The highest BCUT2D eigenvalue weighted by molar-refractivity contribution is 7.85. The van der Waals surface area contributed by atoms with Gasteiger partial charge in [-0.3, -0.25) is 0 Å². The van der Waals surface area contributed by atoms with Gasteiger partial charge in [0.2, 0.25) is 5.39 Å². The summed E-state index contributed by atoms with van der Waals surface area (Å²) in [5.74, 6) is 0. The van der Waals surface area contributed by atoms with Gasteiger partial charge in [0.05, 0.1) is 4.90 Å². The Balaban J connectivity index is 0.00000144. The first-order valence-corrected chi connectivity index (χ1v) is 4.36. The Morgan fingerprint density at radius 2 is 1.69 bits per heavy atom. The molecular formula is C6H5ClN2O3S. The Kier molecular flexibility index (Phi) is 3.81. The minimum Gasteiger partial charge on any atom is -0.744 e. The Bertz CT molecular complexity index is 420. The van der Waals surface area contributed by atoms with Gasteiger partial charge >= 0.3 is 5.69 Å². The quantitative estimate of drug-likeness (QED) is 0.530. The van der Waals surface area contributed by atoms with Crippen LogP contribution in [0.25, 0.3) is 4.98 Å². The van der Waals surface area contributed by atoms with Gasteiger partial charge in [-0.25, -0.2) is 8.42 Å². The van der Waals surface area contributed by atoms with Gasteiger partial charge in [0, 0.05) is 12.1 Å². The number of nitrogens with zero attached hydrogens (tertiary/aromatic N) is 2. The van der Waals surface area contributed by atoms with Crippen LogP contribution >= 0.6 is 12.4 Å². The molecule has 1 aromatic carbocycles. The second kappa shape index (κ2) is 4.18. The zero-order valence-corrected chi connectivity index (χ0v) is 7.88. The van der Waals surface area contributed by atoms with Crippen molar-refractivity contribution >= 4 is 28.2 Å². The minimum absolute atomic E-state index is 0. The van der Waals surface area contributed by atoms with Gasteiger partial charge in [0.15, 0.2) is 4.98 Å². The van der Waals surface area contributed by atoms with E-state index >= 15 is 0 Å². The smallest absolute Gasteiger partial charge is 0.385 e. The van der Waals surface area contributed by atoms with Crippen molar-refractivity contribution in [2.24, 2.45) is 0 Å². The van der Waals surface area contributed by atoms with E-state index in [0.717, 1.165) is 12.1 Å². The van der Waals surface area contributed by atoms with Crippen molar-refractivity contribution in [2.75, 3.05) is 0 Å². The van der Waals surface area contributed by atoms with E-state index in [-0.39, 0.29) is 23.0 Å². The molecule has 70 valence electrons. The van der Waals surface area contributed by atoms with Gasteiger partial charge in [-0.15, -0.1) is 12.4 Å². The summed E-state index contributed by atoms with van der Waals surface area (Å²) in [7, 11) is -4.40. The molecule has 5 nitrogen and oxygen atoms in total. The lowest BCUT2D eigenvalue weighted by atomic mass is 10.3. The summed E-state index contributed by atoms with van der Waals surface area (Å²) in [6.07, 6.45) is 0. The number of benzene rings is 1. The monoisotopic (exact) mass is 220 g/mol. The van der Waals surface area contributed by atoms with Crippen LogP contribution in [-0.2, 0) is 10.1 Å². The molecule has 0 aromatic heterocycles. The number of rotatable bonds is 1. The summed E-state index contributed by atoms with van der Waals surface area (Å²) < 4.78 is 31.2. The molecule has 0 aliphatic carbocycles. The van der Waals surface area contributed by atoms with Crippen LogP contribution in [0.1, 0.15) is 0 Å². The van der Waals surface area contributed by atoms with Gasteiger partial charge < -0.3 is 4.55 Å². The average Bonchev–Trinajstić information content (AvgIpc) is 2.03. The molecule has 0 aliphatic rings. The predicted molar refractivity (Wildman–Crippen MR) is 46.4 cm³/mol. The molecule has 0 saturated heterocycles. The van der Waals surface area contributed by atoms with Crippen molar-refractivity contribution in [3.8, 4) is 0 Å². The van der Waals surface area contributed by atoms with Gasteiger partial charge in [-0.05, 0) is 12.1 Å². The first-order valence-electron chi connectivity index (χ1n) is 2.95. The van der Waals surface area contributed by atoms with E-state index in [1.165, 1.54) is 12.1 Å². The molecule has 0 unspecified atom stereocenters. The van der Waals surface area contributed by atoms with Gasteiger partial charge in [0.25, 0.3) is 0 Å². The molecule has 0 N–H and O–H groups in total. The molecule has 1 aromatic rings. The SMILES string of the molecule is Cl.N#[N+]c1ccc(S(=O)(=O)[O-])cc1. The lowest BCUT2D eigenvalue weighted by Crippen LogP contribution is -1.96. The van der Waals surface area contributed by atoms with Crippen molar-refractivity contribution in [3.63, 3.8) is 0 Å². The molecule has 13 heavy (non-hydrogen) atoms. The molecule has 0 amide bonds. The Morgan fingerprint density at radius 3 is 2.00 bits per heavy atom. The van der Waals surface area contributed by atoms with E-state index in [2.05, 4.69) is 4.98 Å². The molecular weight excluding hydrogens is 216 g/mol. The summed E-state index contributed by atoms with van der Waals surface area (Å²) in [4.78, 5) is 2.46. The fourth-order valence-corrected chi connectivity index (χ4v) is 1.15. The van der Waals surface area contributed by atoms with Crippen LogP contribution in [0, 0.1) is 5.39 Å². The third-order valence-electron chi connectivity index (χ3n) is 1.24. The van der Waals surface area contributed by atoms with E-state index < -0.39 is 10.1 Å². The van der Waals surface area contributed by atoms with E-state index in [1.54, 1.807) is 0 Å². The molecule has 1 rings (SSSR count). The van der Waals surface area contributed by atoms with Crippen LogP contribution in [0.3, 0.4) is 0 Å². The highest BCUT2D eigenvalue weighted by Crippen LogP contribution is 2.15. The molecule has 0 saturated carbocycles. The Morgan fingerprint density at radius 1 is 1.23 bits per heavy atom. The van der Waals surface area contributed by atoms with E-state index in [1.807, 2.05) is 0 Å². The van der Waals surface area contributed by atoms with Crippen molar-refractivity contribution in [2.45, 2.75) is 4.90 Å². The normalized spacial score (nSPS) is 9.85. The van der Waals surface area contributed by atoms with Crippen molar-refractivity contribution < 1.29 is 13.0 Å². The van der Waals surface area contributed by atoms with Crippen LogP contribution in [0.4, 0.5) is 5.69 Å². The molecule has 0 radical (unpaired) electrons. The van der Waals surface area contributed by atoms with E-state index in [9.17, 15) is 13.0 Å². The maximum absolute atomic E-state index is 10.4. The molecule has 0 fully saturated rings. The molecule has 7 heteroatoms. The highest BCUT2D eigenvalue weighted by atomic mass is 35.5. The van der Waals surface area contributed by atoms with E-state index in [0.29, 0.717) is 0 Å². The maximum Gasteiger partial charge on any atom is 0.385 e. The fraction of sp³-hybridized carbons (Fsp3) is 0. The zero-order valence-electron chi connectivity index (χ0n) is 6.25. The van der Waals surface area contributed by atoms with Gasteiger partial charge in [-0.1, -0.05) is 0 Å². The minimum atomic E-state index is -4.40. The van der Waals surface area contributed by atoms with Gasteiger partial charge in [0.1, 0.15) is 10.1 Å². The largest absolute Gasteiger partial charge is 0.744 e. The number of diazo groups is 1. The third kappa shape index (κ3) is 2.99. The number of hydrogen-bond acceptors (Lipinski definition) is 4. The summed E-state index contributed by atoms with van der Waals surface area (Å²) in [5.41, 5.74) is 0.197. The molecule has 0 spiro atoms. The first-order chi connectivity index (χ1) is 5.54. The maximum atomic E-state index is 10.4. The number of hydrogen-bond donors (Lipinski definition) is 0. The predicted octanol–water partition coefficient (Wildman–Crippen LogP) is 1.50. The average molecular weight is 221 g/mol. The van der Waals surface area contributed by atoms with Crippen LogP contribution < -0.4 is 0 Å². The Labute approximate surface area is 81.2 Å². The van der Waals surface area contributed by atoms with Crippen LogP contribution in [0.2, 0.25) is 0 Å². The Hall–Kier alpha value is -1.16. The van der Waals surface area contributed by atoms with Crippen LogP contribution in [0.5, 0.6) is 0 Å². The van der Waals surface area contributed by atoms with Crippen LogP contribution in [-0.4, -0.2) is 13.0 Å². The summed E-state index contributed by atoms with van der Waals surface area (Å²) >= 11 is 0. The second-order valence-electron chi connectivity index (χ2n) is 2.05. The molecule has 0 aliphatic heterocycles. The lowest BCUT2D eigenvalue weighted by Gasteiger charge is -2.03. The molecule has 0 bridgehead atoms. The standard InChI is InChI=1S/C6H4N2O3S.ClH/c7-8-5-1-3-6(4-2-5)12(9,10)11;/h1-4H;1H.